The van der Waals surface area contributed by atoms with Crippen molar-refractivity contribution in [3.8, 4) is 0 Å². The van der Waals surface area contributed by atoms with Gasteiger partial charge >= 0.3 is 12.1 Å². The van der Waals surface area contributed by atoms with Crippen LogP contribution in [0.2, 0.25) is 0 Å². The van der Waals surface area contributed by atoms with Crippen molar-refractivity contribution in [1.29, 1.82) is 0 Å². The highest BCUT2D eigenvalue weighted by Crippen LogP contribution is 2.35. The predicted molar refractivity (Wildman–Crippen MR) is 55.5 cm³/mol. The summed E-state index contributed by atoms with van der Waals surface area (Å²) in [6.45, 7) is 1.62. The summed E-state index contributed by atoms with van der Waals surface area (Å²) in [5.74, 6) is -2.09. The molecule has 0 fully saturated rings. The van der Waals surface area contributed by atoms with Gasteiger partial charge in [-0.2, -0.15) is 18.3 Å². The Bertz CT molecular complexity index is 536. The van der Waals surface area contributed by atoms with E-state index >= 15 is 0 Å². The average molecular weight is 277 g/mol. The smallest absolute Gasteiger partial charge is 0.421 e. The quantitative estimate of drug-likeness (QED) is 0.812. The standard InChI is InChI=1S/C10H10F3N3O3/c1-2-19-9(18)6-5(10(11,12)13)7-8(17)14-3-4-16(7)15-6/h2-4H2,1H3,(H,14,17). The second-order valence-electron chi connectivity index (χ2n) is 3.77. The molecule has 0 bridgehead atoms. The number of esters is 1. The molecule has 104 valence electrons. The molecule has 0 saturated heterocycles. The zero-order valence-corrected chi connectivity index (χ0v) is 9.87. The molecule has 0 unspecified atom stereocenters. The highest BCUT2D eigenvalue weighted by atomic mass is 19.4. The van der Waals surface area contributed by atoms with E-state index < -0.39 is 35.0 Å². The summed E-state index contributed by atoms with van der Waals surface area (Å²) in [7, 11) is 0. The van der Waals surface area contributed by atoms with E-state index in [1.54, 1.807) is 0 Å². The van der Waals surface area contributed by atoms with Crippen molar-refractivity contribution >= 4 is 11.9 Å². The molecule has 0 spiro atoms. The summed E-state index contributed by atoms with van der Waals surface area (Å²) in [4.78, 5) is 23.0. The van der Waals surface area contributed by atoms with E-state index in [0.717, 1.165) is 4.68 Å². The molecule has 9 heteroatoms. The number of alkyl halides is 3. The van der Waals surface area contributed by atoms with Crippen LogP contribution >= 0.6 is 0 Å². The molecule has 2 heterocycles. The molecule has 1 aliphatic rings. The monoisotopic (exact) mass is 277 g/mol. The van der Waals surface area contributed by atoms with Crippen LogP contribution in [0.25, 0.3) is 0 Å². The second-order valence-corrected chi connectivity index (χ2v) is 3.77. The number of ether oxygens (including phenoxy) is 1. The van der Waals surface area contributed by atoms with Crippen molar-refractivity contribution in [2.75, 3.05) is 13.2 Å². The maximum atomic E-state index is 13.0. The lowest BCUT2D eigenvalue weighted by Crippen LogP contribution is -2.37. The van der Waals surface area contributed by atoms with Crippen LogP contribution in [-0.4, -0.2) is 34.8 Å². The molecule has 1 aliphatic heterocycles. The number of amides is 1. The number of nitrogens with one attached hydrogen (secondary N) is 1. The fourth-order valence-corrected chi connectivity index (χ4v) is 1.82. The number of hydrogen-bond acceptors (Lipinski definition) is 4. The second kappa shape index (κ2) is 4.56. The Kier molecular flexibility index (Phi) is 3.21. The molecule has 19 heavy (non-hydrogen) atoms. The summed E-state index contributed by atoms with van der Waals surface area (Å²) in [5.41, 5.74) is -2.87. The van der Waals surface area contributed by atoms with Crippen molar-refractivity contribution in [3.63, 3.8) is 0 Å². The van der Waals surface area contributed by atoms with Crippen LogP contribution in [-0.2, 0) is 17.5 Å². The summed E-state index contributed by atoms with van der Waals surface area (Å²) >= 11 is 0. The Morgan fingerprint density at radius 2 is 2.21 bits per heavy atom. The first-order valence-electron chi connectivity index (χ1n) is 5.49. The van der Waals surface area contributed by atoms with Gasteiger partial charge in [0.2, 0.25) is 0 Å². The van der Waals surface area contributed by atoms with Crippen molar-refractivity contribution in [2.24, 2.45) is 0 Å². The van der Waals surface area contributed by atoms with Gasteiger partial charge in [0.05, 0.1) is 13.2 Å². The minimum atomic E-state index is -4.86. The van der Waals surface area contributed by atoms with Gasteiger partial charge in [-0.05, 0) is 6.92 Å². The molecule has 6 nitrogen and oxygen atoms in total. The van der Waals surface area contributed by atoms with Gasteiger partial charge < -0.3 is 10.1 Å². The molecule has 0 atom stereocenters. The zero-order chi connectivity index (χ0) is 14.2. The molecule has 1 N–H and O–H groups in total. The lowest BCUT2D eigenvalue weighted by atomic mass is 10.1. The third-order valence-corrected chi connectivity index (χ3v) is 2.53. The normalized spacial score (nSPS) is 14.8. The Balaban J connectivity index is 2.61. The molecular weight excluding hydrogens is 267 g/mol. The van der Waals surface area contributed by atoms with Crippen LogP contribution < -0.4 is 5.32 Å². The SMILES string of the molecule is CCOC(=O)c1nn2c(c1C(F)(F)F)C(=O)NCC2. The molecule has 0 radical (unpaired) electrons. The highest BCUT2D eigenvalue weighted by Gasteiger charge is 2.45. The summed E-state index contributed by atoms with van der Waals surface area (Å²) < 4.78 is 44.4. The van der Waals surface area contributed by atoms with Crippen LogP contribution in [0.15, 0.2) is 0 Å². The Hall–Kier alpha value is -2.06. The van der Waals surface area contributed by atoms with Crippen molar-refractivity contribution in [1.82, 2.24) is 15.1 Å². The largest absolute Gasteiger partial charge is 0.461 e. The minimum absolute atomic E-state index is 0.0730. The lowest BCUT2D eigenvalue weighted by Gasteiger charge is -2.16. The number of nitrogens with zero attached hydrogens (tertiary/aromatic N) is 2. The average Bonchev–Trinajstić information content (AvgIpc) is 2.69. The fourth-order valence-electron chi connectivity index (χ4n) is 1.82. The third kappa shape index (κ3) is 2.27. The maximum Gasteiger partial charge on any atom is 0.421 e. The van der Waals surface area contributed by atoms with Crippen molar-refractivity contribution in [2.45, 2.75) is 19.6 Å². The topological polar surface area (TPSA) is 73.2 Å². The summed E-state index contributed by atoms with van der Waals surface area (Å²) in [6.07, 6.45) is -4.86. The van der Waals surface area contributed by atoms with Gasteiger partial charge in [0.25, 0.3) is 5.91 Å². The Morgan fingerprint density at radius 1 is 1.53 bits per heavy atom. The first-order valence-corrected chi connectivity index (χ1v) is 5.49. The number of aromatic nitrogens is 2. The number of carbonyl (C=O) groups excluding carboxylic acids is 2. The van der Waals surface area contributed by atoms with Crippen LogP contribution in [0, 0.1) is 0 Å². The Morgan fingerprint density at radius 3 is 2.79 bits per heavy atom. The zero-order valence-electron chi connectivity index (χ0n) is 9.87. The van der Waals surface area contributed by atoms with E-state index in [-0.39, 0.29) is 19.7 Å². The molecule has 0 aliphatic carbocycles. The lowest BCUT2D eigenvalue weighted by molar-refractivity contribution is -0.138. The van der Waals surface area contributed by atoms with Crippen molar-refractivity contribution in [3.05, 3.63) is 17.0 Å². The number of hydrogen-bond donors (Lipinski definition) is 1. The van der Waals surface area contributed by atoms with E-state index in [9.17, 15) is 22.8 Å². The van der Waals surface area contributed by atoms with Gasteiger partial charge in [-0.3, -0.25) is 9.48 Å². The number of rotatable bonds is 2. The van der Waals surface area contributed by atoms with E-state index in [4.69, 9.17) is 0 Å². The first kappa shape index (κ1) is 13.4. The molecule has 2 rings (SSSR count). The molecule has 0 aromatic carbocycles. The van der Waals surface area contributed by atoms with Crippen LogP contribution in [0.3, 0.4) is 0 Å². The fraction of sp³-hybridized carbons (Fsp3) is 0.500. The molecule has 1 amide bonds. The molecular formula is C10H10F3N3O3. The van der Waals surface area contributed by atoms with Gasteiger partial charge in [-0.15, -0.1) is 0 Å². The number of halogens is 3. The van der Waals surface area contributed by atoms with Crippen LogP contribution in [0.1, 0.15) is 33.5 Å². The van der Waals surface area contributed by atoms with Crippen molar-refractivity contribution < 1.29 is 27.5 Å². The molecule has 0 saturated carbocycles. The number of carbonyl (C=O) groups is 2. The minimum Gasteiger partial charge on any atom is -0.461 e. The Labute approximate surface area is 105 Å². The van der Waals surface area contributed by atoms with Gasteiger partial charge in [-0.25, -0.2) is 4.79 Å². The van der Waals surface area contributed by atoms with Crippen LogP contribution in [0.4, 0.5) is 13.2 Å². The van der Waals surface area contributed by atoms with E-state index in [1.165, 1.54) is 6.92 Å². The molecule has 1 aromatic heterocycles. The van der Waals surface area contributed by atoms with Gasteiger partial charge in [0.1, 0.15) is 11.3 Å². The first-order chi connectivity index (χ1) is 8.86. The highest BCUT2D eigenvalue weighted by molar-refractivity contribution is 5.99. The van der Waals surface area contributed by atoms with Gasteiger partial charge in [-0.1, -0.05) is 0 Å². The third-order valence-electron chi connectivity index (χ3n) is 2.53. The van der Waals surface area contributed by atoms with Gasteiger partial charge in [0.15, 0.2) is 5.69 Å². The summed E-state index contributed by atoms with van der Waals surface area (Å²) in [5, 5.41) is 5.83. The van der Waals surface area contributed by atoms with E-state index in [1.807, 2.05) is 0 Å². The van der Waals surface area contributed by atoms with E-state index in [0.29, 0.717) is 0 Å². The number of fused-ring (bicyclic) bond motifs is 1. The van der Waals surface area contributed by atoms with Gasteiger partial charge in [0, 0.05) is 6.54 Å². The maximum absolute atomic E-state index is 13.0. The molecule has 1 aromatic rings. The van der Waals surface area contributed by atoms with Crippen LogP contribution in [0.5, 0.6) is 0 Å². The predicted octanol–water partition coefficient (Wildman–Crippen LogP) is 0.822. The van der Waals surface area contributed by atoms with E-state index in [2.05, 4.69) is 15.2 Å². The summed E-state index contributed by atoms with van der Waals surface area (Å²) in [6, 6.07) is 0.